The van der Waals surface area contributed by atoms with Crippen molar-refractivity contribution in [3.05, 3.63) is 12.2 Å². The van der Waals surface area contributed by atoms with E-state index in [1.165, 1.54) is 6.33 Å². The fourth-order valence-corrected chi connectivity index (χ4v) is 1.67. The number of aryl methyl sites for hydroxylation is 1. The highest BCUT2D eigenvalue weighted by Gasteiger charge is 2.29. The number of hydrogen-bond donors (Lipinski definition) is 0. The third-order valence-electron chi connectivity index (χ3n) is 2.43. The molecular formula is C11H19N3O2. The average Bonchev–Trinajstić information content (AvgIpc) is 2.66. The molecule has 1 aromatic heterocycles. The summed E-state index contributed by atoms with van der Waals surface area (Å²) >= 11 is 0. The third kappa shape index (κ3) is 2.59. The second-order valence-corrected chi connectivity index (χ2v) is 3.91. The summed E-state index contributed by atoms with van der Waals surface area (Å²) in [4.78, 5) is 16.0. The van der Waals surface area contributed by atoms with E-state index in [2.05, 4.69) is 10.1 Å². The number of carbonyl (C=O) groups is 1. The Hall–Kier alpha value is -1.39. The molecule has 1 rings (SSSR count). The minimum absolute atomic E-state index is 0.147. The van der Waals surface area contributed by atoms with Crippen LogP contribution in [0, 0.1) is 5.92 Å². The summed E-state index contributed by atoms with van der Waals surface area (Å²) < 4.78 is 6.81. The molecule has 0 bridgehead atoms. The number of rotatable bonds is 5. The Morgan fingerprint density at radius 1 is 1.50 bits per heavy atom. The van der Waals surface area contributed by atoms with Gasteiger partial charge in [-0.15, -0.1) is 0 Å². The maximum Gasteiger partial charge on any atom is 0.316 e. The molecule has 0 radical (unpaired) electrons. The van der Waals surface area contributed by atoms with Gasteiger partial charge in [-0.3, -0.25) is 4.79 Å². The fraction of sp³-hybridized carbons (Fsp3) is 0.727. The maximum atomic E-state index is 11.8. The van der Waals surface area contributed by atoms with Gasteiger partial charge in [0.1, 0.15) is 18.1 Å². The molecule has 0 fully saturated rings. The molecule has 5 nitrogen and oxygen atoms in total. The van der Waals surface area contributed by atoms with Gasteiger partial charge in [0.2, 0.25) is 0 Å². The largest absolute Gasteiger partial charge is 0.465 e. The summed E-state index contributed by atoms with van der Waals surface area (Å²) in [6, 6.07) is 0. The van der Waals surface area contributed by atoms with E-state index in [0.29, 0.717) is 19.0 Å². The first-order chi connectivity index (χ1) is 7.61. The van der Waals surface area contributed by atoms with Gasteiger partial charge in [0.25, 0.3) is 0 Å². The lowest BCUT2D eigenvalue weighted by atomic mass is 9.95. The minimum Gasteiger partial charge on any atom is -0.465 e. The predicted molar refractivity (Wildman–Crippen MR) is 59.9 cm³/mol. The molecule has 0 spiro atoms. The van der Waals surface area contributed by atoms with Crippen molar-refractivity contribution in [2.24, 2.45) is 5.92 Å². The van der Waals surface area contributed by atoms with Crippen LogP contribution in [0.15, 0.2) is 6.33 Å². The van der Waals surface area contributed by atoms with E-state index < -0.39 is 0 Å². The molecule has 0 amide bonds. The van der Waals surface area contributed by atoms with Gasteiger partial charge in [-0.05, 0) is 19.8 Å². The summed E-state index contributed by atoms with van der Waals surface area (Å²) in [5.41, 5.74) is 0. The molecular weight excluding hydrogens is 206 g/mol. The molecule has 0 saturated heterocycles. The number of hydrogen-bond acceptors (Lipinski definition) is 4. The molecule has 0 aliphatic heterocycles. The standard InChI is InChI=1S/C11H19N3O2/c1-5-14-10(12-7-13-14)9(8(3)4)11(15)16-6-2/h7-9H,5-6H2,1-4H3. The molecule has 0 aliphatic carbocycles. The third-order valence-corrected chi connectivity index (χ3v) is 2.43. The van der Waals surface area contributed by atoms with E-state index in [1.54, 1.807) is 11.6 Å². The number of aromatic nitrogens is 3. The molecule has 1 heterocycles. The SMILES string of the molecule is CCOC(=O)C(c1ncnn1CC)C(C)C. The lowest BCUT2D eigenvalue weighted by Gasteiger charge is -2.18. The summed E-state index contributed by atoms with van der Waals surface area (Å²) in [5, 5.41) is 4.08. The molecule has 0 N–H and O–H groups in total. The van der Waals surface area contributed by atoms with Crippen LogP contribution < -0.4 is 0 Å². The van der Waals surface area contributed by atoms with E-state index in [0.717, 1.165) is 0 Å². The van der Waals surface area contributed by atoms with Crippen LogP contribution in [0.4, 0.5) is 0 Å². The lowest BCUT2D eigenvalue weighted by molar-refractivity contribution is -0.146. The van der Waals surface area contributed by atoms with Crippen LogP contribution in [0.2, 0.25) is 0 Å². The van der Waals surface area contributed by atoms with Crippen molar-refractivity contribution in [2.75, 3.05) is 6.61 Å². The zero-order valence-corrected chi connectivity index (χ0v) is 10.3. The van der Waals surface area contributed by atoms with E-state index in [4.69, 9.17) is 4.74 Å². The van der Waals surface area contributed by atoms with Crippen molar-refractivity contribution >= 4 is 5.97 Å². The average molecular weight is 225 g/mol. The zero-order chi connectivity index (χ0) is 12.1. The Morgan fingerprint density at radius 2 is 2.19 bits per heavy atom. The highest BCUT2D eigenvalue weighted by Crippen LogP contribution is 2.23. The molecule has 0 saturated carbocycles. The Labute approximate surface area is 95.8 Å². The second kappa shape index (κ2) is 5.63. The van der Waals surface area contributed by atoms with Crippen molar-refractivity contribution in [1.29, 1.82) is 0 Å². The van der Waals surface area contributed by atoms with Gasteiger partial charge in [0.15, 0.2) is 0 Å². The van der Waals surface area contributed by atoms with Crippen molar-refractivity contribution in [1.82, 2.24) is 14.8 Å². The molecule has 0 aromatic carbocycles. The van der Waals surface area contributed by atoms with E-state index >= 15 is 0 Å². The van der Waals surface area contributed by atoms with Crippen LogP contribution in [0.25, 0.3) is 0 Å². The van der Waals surface area contributed by atoms with Crippen LogP contribution in [0.3, 0.4) is 0 Å². The van der Waals surface area contributed by atoms with Crippen LogP contribution >= 0.6 is 0 Å². The molecule has 90 valence electrons. The molecule has 5 heteroatoms. The van der Waals surface area contributed by atoms with Crippen molar-refractivity contribution < 1.29 is 9.53 Å². The fourth-order valence-electron chi connectivity index (χ4n) is 1.67. The maximum absolute atomic E-state index is 11.8. The predicted octanol–water partition coefficient (Wildman–Crippen LogP) is 1.60. The number of esters is 1. The van der Waals surface area contributed by atoms with Gasteiger partial charge in [-0.1, -0.05) is 13.8 Å². The number of nitrogens with zero attached hydrogens (tertiary/aromatic N) is 3. The molecule has 1 atom stereocenters. The summed E-state index contributed by atoms with van der Waals surface area (Å²) in [6.45, 7) is 8.84. The van der Waals surface area contributed by atoms with Crippen LogP contribution in [0.1, 0.15) is 39.4 Å². The van der Waals surface area contributed by atoms with E-state index in [1.807, 2.05) is 20.8 Å². The van der Waals surface area contributed by atoms with Gasteiger partial charge in [0.05, 0.1) is 6.61 Å². The number of ether oxygens (including phenoxy) is 1. The summed E-state index contributed by atoms with van der Waals surface area (Å²) in [6.07, 6.45) is 1.48. The summed E-state index contributed by atoms with van der Waals surface area (Å²) in [5.74, 6) is 0.284. The first-order valence-electron chi connectivity index (χ1n) is 5.66. The van der Waals surface area contributed by atoms with E-state index in [9.17, 15) is 4.79 Å². The Bertz CT molecular complexity index is 347. The Balaban J connectivity index is 2.98. The highest BCUT2D eigenvalue weighted by molar-refractivity contribution is 5.77. The normalized spacial score (nSPS) is 12.8. The molecule has 1 unspecified atom stereocenters. The van der Waals surface area contributed by atoms with Gasteiger partial charge in [-0.2, -0.15) is 5.10 Å². The molecule has 1 aromatic rings. The monoisotopic (exact) mass is 225 g/mol. The van der Waals surface area contributed by atoms with Crippen molar-refractivity contribution in [3.8, 4) is 0 Å². The minimum atomic E-state index is -0.331. The smallest absolute Gasteiger partial charge is 0.316 e. The first kappa shape index (κ1) is 12.7. The van der Waals surface area contributed by atoms with Crippen LogP contribution in [-0.2, 0) is 16.1 Å². The van der Waals surface area contributed by atoms with Crippen LogP contribution in [-0.4, -0.2) is 27.3 Å². The van der Waals surface area contributed by atoms with Gasteiger partial charge < -0.3 is 4.74 Å². The topological polar surface area (TPSA) is 57.0 Å². The van der Waals surface area contributed by atoms with Gasteiger partial charge in [0, 0.05) is 6.54 Å². The lowest BCUT2D eigenvalue weighted by Crippen LogP contribution is -2.24. The molecule has 16 heavy (non-hydrogen) atoms. The Kier molecular flexibility index (Phi) is 4.46. The molecule has 0 aliphatic rings. The summed E-state index contributed by atoms with van der Waals surface area (Å²) in [7, 11) is 0. The number of carbonyl (C=O) groups excluding carboxylic acids is 1. The van der Waals surface area contributed by atoms with E-state index in [-0.39, 0.29) is 17.8 Å². The van der Waals surface area contributed by atoms with Gasteiger partial charge >= 0.3 is 5.97 Å². The Morgan fingerprint density at radius 3 is 2.69 bits per heavy atom. The second-order valence-electron chi connectivity index (χ2n) is 3.91. The van der Waals surface area contributed by atoms with Gasteiger partial charge in [-0.25, -0.2) is 9.67 Å². The van der Waals surface area contributed by atoms with Crippen molar-refractivity contribution in [2.45, 2.75) is 40.2 Å². The first-order valence-corrected chi connectivity index (χ1v) is 5.66. The van der Waals surface area contributed by atoms with Crippen molar-refractivity contribution in [3.63, 3.8) is 0 Å². The van der Waals surface area contributed by atoms with Crippen LogP contribution in [0.5, 0.6) is 0 Å². The highest BCUT2D eigenvalue weighted by atomic mass is 16.5. The quantitative estimate of drug-likeness (QED) is 0.714. The zero-order valence-electron chi connectivity index (χ0n) is 10.3.